The van der Waals surface area contributed by atoms with Crippen LogP contribution in [0.4, 0.5) is 18.0 Å². The number of halogens is 5. The summed E-state index contributed by atoms with van der Waals surface area (Å²) in [7, 11) is 1.65. The maximum atomic E-state index is 12.7. The van der Waals surface area contributed by atoms with Crippen molar-refractivity contribution >= 4 is 36.8 Å². The van der Waals surface area contributed by atoms with Crippen LogP contribution in [0, 0.1) is 0 Å². The van der Waals surface area contributed by atoms with Crippen molar-refractivity contribution in [2.24, 2.45) is 0 Å². The molecule has 2 aliphatic rings. The fraction of sp³-hybridized carbons (Fsp3) is 0.517. The van der Waals surface area contributed by atoms with E-state index in [0.29, 0.717) is 65.2 Å². The third-order valence-electron chi connectivity index (χ3n) is 7.48. The van der Waals surface area contributed by atoms with Gasteiger partial charge in [0.2, 0.25) is 5.91 Å². The number of hydrogen-bond acceptors (Lipinski definition) is 5. The molecule has 234 valence electrons. The fourth-order valence-electron chi connectivity index (χ4n) is 5.02. The molecule has 1 N–H and O–H groups in total. The van der Waals surface area contributed by atoms with Gasteiger partial charge in [-0.05, 0) is 41.8 Å². The average Bonchev–Trinajstić information content (AvgIpc) is 2.96. The van der Waals surface area contributed by atoms with Crippen LogP contribution in [0.5, 0.6) is 5.75 Å². The van der Waals surface area contributed by atoms with E-state index in [1.165, 1.54) is 17.7 Å². The van der Waals surface area contributed by atoms with Gasteiger partial charge in [-0.3, -0.25) is 14.6 Å². The van der Waals surface area contributed by atoms with Crippen molar-refractivity contribution in [1.82, 2.24) is 24.9 Å². The van der Waals surface area contributed by atoms with Gasteiger partial charge in [-0.15, -0.1) is 24.8 Å². The van der Waals surface area contributed by atoms with Crippen LogP contribution in [-0.2, 0) is 24.1 Å². The zero-order valence-electron chi connectivity index (χ0n) is 23.8. The van der Waals surface area contributed by atoms with Crippen molar-refractivity contribution in [3.8, 4) is 5.75 Å². The minimum atomic E-state index is -4.33. The van der Waals surface area contributed by atoms with Gasteiger partial charge in [0.05, 0.1) is 12.7 Å². The number of hydrogen-bond donors (Lipinski definition) is 1. The summed E-state index contributed by atoms with van der Waals surface area (Å²) in [6.45, 7) is 7.32. The second-order valence-electron chi connectivity index (χ2n) is 10.3. The number of nitrogens with zero attached hydrogens (tertiary/aromatic N) is 4. The Morgan fingerprint density at radius 3 is 1.71 bits per heavy atom. The first-order chi connectivity index (χ1) is 19.2. The van der Waals surface area contributed by atoms with Gasteiger partial charge in [-0.25, -0.2) is 4.79 Å². The molecule has 0 unspecified atom stereocenters. The second-order valence-corrected chi connectivity index (χ2v) is 10.3. The molecule has 2 fully saturated rings. The van der Waals surface area contributed by atoms with Gasteiger partial charge in [-0.1, -0.05) is 24.3 Å². The number of rotatable bonds is 9. The van der Waals surface area contributed by atoms with Crippen molar-refractivity contribution < 1.29 is 27.5 Å². The van der Waals surface area contributed by atoms with Gasteiger partial charge in [0.15, 0.2) is 0 Å². The van der Waals surface area contributed by atoms with E-state index < -0.39 is 11.7 Å². The number of piperazine rings is 2. The van der Waals surface area contributed by atoms with E-state index in [1.807, 2.05) is 21.9 Å². The van der Waals surface area contributed by atoms with Crippen LogP contribution in [-0.4, -0.2) is 97.6 Å². The van der Waals surface area contributed by atoms with Gasteiger partial charge < -0.3 is 19.9 Å². The zero-order valence-corrected chi connectivity index (χ0v) is 25.4. The standard InChI is InChI=1S/C29H38F3N5O3.2ClH/c1-40-26-10-6-24(7-11-26)22-35-15-19-37(20-16-35)28(39)33-12-2-3-27(38)36-17-13-34(14-18-36)21-23-4-8-25(9-5-23)29(30,31)32;;/h4-11H,2-3,12-22H2,1H3,(H,33,39);2*1H. The first-order valence-corrected chi connectivity index (χ1v) is 13.8. The number of amides is 3. The monoisotopic (exact) mass is 633 g/mol. The average molecular weight is 635 g/mol. The lowest BCUT2D eigenvalue weighted by Gasteiger charge is -2.35. The molecular formula is C29H40Cl2F3N5O3. The molecule has 8 nitrogen and oxygen atoms in total. The number of alkyl halides is 3. The molecule has 2 heterocycles. The summed E-state index contributed by atoms with van der Waals surface area (Å²) in [5.74, 6) is 0.903. The van der Waals surface area contributed by atoms with Crippen LogP contribution in [0.25, 0.3) is 0 Å². The Labute approximate surface area is 258 Å². The highest BCUT2D eigenvalue weighted by Gasteiger charge is 2.30. The van der Waals surface area contributed by atoms with Gasteiger partial charge in [-0.2, -0.15) is 13.2 Å². The number of carbonyl (C=O) groups is 2. The molecule has 2 aliphatic heterocycles. The molecule has 42 heavy (non-hydrogen) atoms. The Morgan fingerprint density at radius 2 is 1.24 bits per heavy atom. The van der Waals surface area contributed by atoms with Crippen LogP contribution in [0.2, 0.25) is 0 Å². The van der Waals surface area contributed by atoms with E-state index in [4.69, 9.17) is 4.74 Å². The molecule has 0 radical (unpaired) electrons. The summed E-state index contributed by atoms with van der Waals surface area (Å²) < 4.78 is 43.5. The molecule has 2 aromatic rings. The third-order valence-corrected chi connectivity index (χ3v) is 7.48. The summed E-state index contributed by atoms with van der Waals surface area (Å²) in [5.41, 5.74) is 1.39. The lowest BCUT2D eigenvalue weighted by molar-refractivity contribution is -0.137. The molecule has 0 spiro atoms. The topological polar surface area (TPSA) is 68.4 Å². The predicted octanol–water partition coefficient (Wildman–Crippen LogP) is 4.51. The summed E-state index contributed by atoms with van der Waals surface area (Å²) in [4.78, 5) is 33.3. The van der Waals surface area contributed by atoms with Crippen LogP contribution in [0.1, 0.15) is 29.5 Å². The molecule has 2 aromatic carbocycles. The van der Waals surface area contributed by atoms with Gasteiger partial charge in [0.25, 0.3) is 0 Å². The molecule has 0 aliphatic carbocycles. The Bertz CT molecular complexity index is 1110. The lowest BCUT2D eigenvalue weighted by atomic mass is 10.1. The Hall–Kier alpha value is -2.73. The minimum absolute atomic E-state index is 0. The Balaban J connectivity index is 0.00000308. The fourth-order valence-corrected chi connectivity index (χ4v) is 5.02. The van der Waals surface area contributed by atoms with E-state index in [-0.39, 0.29) is 36.8 Å². The molecule has 4 rings (SSSR count). The maximum absolute atomic E-state index is 12.7. The number of carbonyl (C=O) groups excluding carboxylic acids is 2. The number of methoxy groups -OCH3 is 1. The van der Waals surface area contributed by atoms with Crippen LogP contribution in [0.15, 0.2) is 48.5 Å². The van der Waals surface area contributed by atoms with E-state index in [1.54, 1.807) is 7.11 Å². The van der Waals surface area contributed by atoms with Crippen molar-refractivity contribution in [1.29, 1.82) is 0 Å². The smallest absolute Gasteiger partial charge is 0.416 e. The summed E-state index contributed by atoms with van der Waals surface area (Å²) in [6.07, 6.45) is -3.38. The number of nitrogens with one attached hydrogen (secondary N) is 1. The Morgan fingerprint density at radius 1 is 0.762 bits per heavy atom. The minimum Gasteiger partial charge on any atom is -0.497 e. The highest BCUT2D eigenvalue weighted by Crippen LogP contribution is 2.29. The lowest BCUT2D eigenvalue weighted by Crippen LogP contribution is -2.51. The SMILES string of the molecule is COc1ccc(CN2CCN(C(=O)NCCCC(=O)N3CCN(Cc4ccc(C(F)(F)F)cc4)CC3)CC2)cc1.Cl.Cl. The highest BCUT2D eigenvalue weighted by molar-refractivity contribution is 5.85. The van der Waals surface area contributed by atoms with E-state index in [2.05, 4.69) is 27.2 Å². The largest absolute Gasteiger partial charge is 0.497 e. The van der Waals surface area contributed by atoms with Crippen molar-refractivity contribution in [2.75, 3.05) is 66.0 Å². The summed E-state index contributed by atoms with van der Waals surface area (Å²) in [6, 6.07) is 13.2. The molecule has 0 saturated carbocycles. The number of benzene rings is 2. The first-order valence-electron chi connectivity index (χ1n) is 13.8. The van der Waals surface area contributed by atoms with Gasteiger partial charge in [0.1, 0.15) is 5.75 Å². The zero-order chi connectivity index (χ0) is 28.5. The van der Waals surface area contributed by atoms with Gasteiger partial charge >= 0.3 is 12.2 Å². The van der Waals surface area contributed by atoms with Crippen LogP contribution >= 0.6 is 24.8 Å². The molecule has 0 bridgehead atoms. The van der Waals surface area contributed by atoms with E-state index >= 15 is 0 Å². The third kappa shape index (κ3) is 10.5. The number of urea groups is 1. The molecule has 2 saturated heterocycles. The van der Waals surface area contributed by atoms with E-state index in [9.17, 15) is 22.8 Å². The predicted molar refractivity (Wildman–Crippen MR) is 160 cm³/mol. The van der Waals surface area contributed by atoms with E-state index in [0.717, 1.165) is 43.1 Å². The van der Waals surface area contributed by atoms with Crippen LogP contribution < -0.4 is 10.1 Å². The number of ether oxygens (including phenoxy) is 1. The molecule has 0 atom stereocenters. The van der Waals surface area contributed by atoms with Crippen LogP contribution in [0.3, 0.4) is 0 Å². The molecular weight excluding hydrogens is 594 g/mol. The second kappa shape index (κ2) is 16.8. The van der Waals surface area contributed by atoms with Gasteiger partial charge in [0, 0.05) is 78.4 Å². The van der Waals surface area contributed by atoms with Crippen molar-refractivity contribution in [3.05, 3.63) is 65.2 Å². The normalized spacial score (nSPS) is 16.3. The van der Waals surface area contributed by atoms with Crippen molar-refractivity contribution in [2.45, 2.75) is 32.1 Å². The molecule has 13 heteroatoms. The molecule has 3 amide bonds. The Kier molecular flexibility index (Phi) is 14.2. The highest BCUT2D eigenvalue weighted by atomic mass is 35.5. The molecule has 0 aromatic heterocycles. The van der Waals surface area contributed by atoms with Crippen molar-refractivity contribution in [3.63, 3.8) is 0 Å². The first kappa shape index (κ1) is 35.5. The quantitative estimate of drug-likeness (QED) is 0.412. The summed E-state index contributed by atoms with van der Waals surface area (Å²) in [5, 5.41) is 2.94. The maximum Gasteiger partial charge on any atom is 0.416 e. The summed E-state index contributed by atoms with van der Waals surface area (Å²) >= 11 is 0.